The standard InChI is InChI=1S/C16H23N.C6H10O.C4H8O/c1-2-7-15-13-9-4-3-8-12(13)14-10-5-6-11-16(14)17-15;7-6-4-2-1-3-5-6;1-2-3-4-5/h3-4,8-9,13,15-17H,2,5-7,10-11H2,1H3;1-5H2;4H,2-3H2,1H3. The van der Waals surface area contributed by atoms with Gasteiger partial charge in [0.2, 0.25) is 0 Å². The highest BCUT2D eigenvalue weighted by Crippen LogP contribution is 2.38. The third kappa shape index (κ3) is 7.70. The van der Waals surface area contributed by atoms with Crippen LogP contribution in [0.3, 0.4) is 0 Å². The van der Waals surface area contributed by atoms with Crippen molar-refractivity contribution < 1.29 is 9.59 Å². The van der Waals surface area contributed by atoms with Crippen molar-refractivity contribution in [2.45, 2.75) is 109 Å². The molecule has 3 aliphatic carbocycles. The number of Topliss-reactive ketones (excluding diaryl/α,β-unsaturated/α-hetero) is 1. The predicted octanol–water partition coefficient (Wildman–Crippen LogP) is 6.24. The Labute approximate surface area is 178 Å². The van der Waals surface area contributed by atoms with E-state index in [2.05, 4.69) is 36.5 Å². The number of carbonyl (C=O) groups is 2. The molecule has 0 radical (unpaired) electrons. The Hall–Kier alpha value is -1.48. The second-order valence-electron chi connectivity index (χ2n) is 8.67. The number of ketones is 1. The molecule has 0 saturated heterocycles. The van der Waals surface area contributed by atoms with Gasteiger partial charge in [0.1, 0.15) is 12.1 Å². The summed E-state index contributed by atoms with van der Waals surface area (Å²) in [5, 5.41) is 3.91. The summed E-state index contributed by atoms with van der Waals surface area (Å²) in [6.45, 7) is 4.28. The largest absolute Gasteiger partial charge is 0.307 e. The number of carbonyl (C=O) groups excluding carboxylic acids is 2. The summed E-state index contributed by atoms with van der Waals surface area (Å²) in [5.41, 5.74) is 3.36. The molecule has 4 aliphatic rings. The highest BCUT2D eigenvalue weighted by Gasteiger charge is 2.34. The van der Waals surface area contributed by atoms with Crippen molar-refractivity contribution in [3.63, 3.8) is 0 Å². The second kappa shape index (κ2) is 13.7. The lowest BCUT2D eigenvalue weighted by molar-refractivity contribution is -0.120. The number of unbranched alkanes of at least 4 members (excludes halogenated alkanes) is 1. The lowest BCUT2D eigenvalue weighted by Gasteiger charge is -2.42. The van der Waals surface area contributed by atoms with Gasteiger partial charge in [-0.2, -0.15) is 0 Å². The number of rotatable bonds is 4. The molecule has 1 N–H and O–H groups in total. The molecule has 0 amide bonds. The molecular formula is C26H41NO2. The third-order valence-electron chi connectivity index (χ3n) is 6.31. The van der Waals surface area contributed by atoms with Gasteiger partial charge in [0.25, 0.3) is 0 Å². The Bertz CT molecular complexity index is 594. The number of hydrogen-bond acceptors (Lipinski definition) is 3. The minimum Gasteiger partial charge on any atom is -0.307 e. The highest BCUT2D eigenvalue weighted by atomic mass is 16.1. The SMILES string of the molecule is CCCC1NC2CCCCC2=C2C=CC=CC21.CCCC=O.O=C1CCCCC1. The molecule has 2 fully saturated rings. The van der Waals surface area contributed by atoms with Gasteiger partial charge in [0.05, 0.1) is 0 Å². The van der Waals surface area contributed by atoms with Crippen LogP contribution in [0.2, 0.25) is 0 Å². The van der Waals surface area contributed by atoms with Gasteiger partial charge in [-0.1, -0.05) is 57.4 Å². The summed E-state index contributed by atoms with van der Waals surface area (Å²) >= 11 is 0. The zero-order valence-corrected chi connectivity index (χ0v) is 18.6. The Morgan fingerprint density at radius 2 is 1.76 bits per heavy atom. The maximum absolute atomic E-state index is 10.5. The average molecular weight is 400 g/mol. The molecule has 1 heterocycles. The number of fused-ring (bicyclic) bond motifs is 2. The van der Waals surface area contributed by atoms with E-state index < -0.39 is 0 Å². The topological polar surface area (TPSA) is 46.2 Å². The van der Waals surface area contributed by atoms with E-state index in [1.54, 1.807) is 11.1 Å². The van der Waals surface area contributed by atoms with Crippen LogP contribution in [0.5, 0.6) is 0 Å². The van der Waals surface area contributed by atoms with Crippen LogP contribution in [-0.2, 0) is 9.59 Å². The molecule has 0 aromatic rings. The van der Waals surface area contributed by atoms with E-state index in [0.717, 1.165) is 38.4 Å². The van der Waals surface area contributed by atoms with Crippen LogP contribution < -0.4 is 5.32 Å². The molecule has 29 heavy (non-hydrogen) atoms. The first kappa shape index (κ1) is 23.8. The molecule has 0 bridgehead atoms. The van der Waals surface area contributed by atoms with Crippen molar-refractivity contribution in [3.8, 4) is 0 Å². The molecule has 3 atom stereocenters. The fourth-order valence-corrected chi connectivity index (χ4v) is 4.77. The van der Waals surface area contributed by atoms with E-state index in [1.807, 2.05) is 6.92 Å². The fraction of sp³-hybridized carbons (Fsp3) is 0.692. The zero-order chi connectivity index (χ0) is 20.9. The Kier molecular flexibility index (Phi) is 11.2. The van der Waals surface area contributed by atoms with E-state index in [9.17, 15) is 9.59 Å². The van der Waals surface area contributed by atoms with Gasteiger partial charge < -0.3 is 10.1 Å². The molecule has 1 aliphatic heterocycles. The number of hydrogen-bond donors (Lipinski definition) is 1. The molecule has 2 saturated carbocycles. The summed E-state index contributed by atoms with van der Waals surface area (Å²) in [4.78, 5) is 19.9. The summed E-state index contributed by atoms with van der Waals surface area (Å²) in [6, 6.07) is 1.35. The molecule has 0 aromatic carbocycles. The number of aldehydes is 1. The first-order valence-electron chi connectivity index (χ1n) is 12.0. The average Bonchev–Trinajstić information content (AvgIpc) is 2.76. The van der Waals surface area contributed by atoms with Crippen molar-refractivity contribution in [2.24, 2.45) is 5.92 Å². The van der Waals surface area contributed by atoms with E-state index in [4.69, 9.17) is 0 Å². The van der Waals surface area contributed by atoms with E-state index in [0.29, 0.717) is 30.2 Å². The summed E-state index contributed by atoms with van der Waals surface area (Å²) in [7, 11) is 0. The first-order chi connectivity index (χ1) is 14.2. The molecule has 3 heteroatoms. The number of allylic oxidation sites excluding steroid dienone is 3. The predicted molar refractivity (Wildman–Crippen MR) is 122 cm³/mol. The van der Waals surface area contributed by atoms with Crippen LogP contribution in [0.4, 0.5) is 0 Å². The van der Waals surface area contributed by atoms with Crippen molar-refractivity contribution in [2.75, 3.05) is 0 Å². The highest BCUT2D eigenvalue weighted by molar-refractivity contribution is 5.78. The molecule has 4 rings (SSSR count). The maximum Gasteiger partial charge on any atom is 0.132 e. The Morgan fingerprint density at radius 1 is 1.00 bits per heavy atom. The lowest BCUT2D eigenvalue weighted by Crippen LogP contribution is -2.49. The van der Waals surface area contributed by atoms with Crippen LogP contribution in [-0.4, -0.2) is 24.2 Å². The minimum absolute atomic E-state index is 0.464. The van der Waals surface area contributed by atoms with Crippen LogP contribution in [0, 0.1) is 5.92 Å². The van der Waals surface area contributed by atoms with Crippen molar-refractivity contribution >= 4 is 12.1 Å². The van der Waals surface area contributed by atoms with Crippen LogP contribution in [0.15, 0.2) is 35.5 Å². The van der Waals surface area contributed by atoms with Gasteiger partial charge >= 0.3 is 0 Å². The molecule has 3 nitrogen and oxygen atoms in total. The van der Waals surface area contributed by atoms with E-state index in [-0.39, 0.29) is 0 Å². The van der Waals surface area contributed by atoms with Gasteiger partial charge in [-0.15, -0.1) is 0 Å². The normalized spacial score (nSPS) is 27.7. The van der Waals surface area contributed by atoms with Crippen molar-refractivity contribution in [3.05, 3.63) is 35.5 Å². The second-order valence-corrected chi connectivity index (χ2v) is 8.67. The van der Waals surface area contributed by atoms with Gasteiger partial charge in [-0.25, -0.2) is 0 Å². The van der Waals surface area contributed by atoms with Crippen molar-refractivity contribution in [1.82, 2.24) is 5.32 Å². The minimum atomic E-state index is 0.464. The Morgan fingerprint density at radius 3 is 2.34 bits per heavy atom. The maximum atomic E-state index is 10.5. The molecule has 0 aromatic heterocycles. The molecule has 162 valence electrons. The van der Waals surface area contributed by atoms with Crippen LogP contribution in [0.25, 0.3) is 0 Å². The number of nitrogens with one attached hydrogen (secondary N) is 1. The third-order valence-corrected chi connectivity index (χ3v) is 6.31. The Balaban J connectivity index is 0.000000207. The van der Waals surface area contributed by atoms with Gasteiger partial charge in [-0.3, -0.25) is 4.79 Å². The van der Waals surface area contributed by atoms with E-state index >= 15 is 0 Å². The van der Waals surface area contributed by atoms with Crippen LogP contribution in [0.1, 0.15) is 97.3 Å². The van der Waals surface area contributed by atoms with Gasteiger partial charge in [0, 0.05) is 37.3 Å². The van der Waals surface area contributed by atoms with Gasteiger partial charge in [0.15, 0.2) is 0 Å². The fourth-order valence-electron chi connectivity index (χ4n) is 4.77. The zero-order valence-electron chi connectivity index (χ0n) is 18.6. The molecule has 3 unspecified atom stereocenters. The quantitative estimate of drug-likeness (QED) is 0.569. The summed E-state index contributed by atoms with van der Waals surface area (Å²) in [5.74, 6) is 1.11. The summed E-state index contributed by atoms with van der Waals surface area (Å²) < 4.78 is 0. The monoisotopic (exact) mass is 399 g/mol. The molecule has 0 spiro atoms. The summed E-state index contributed by atoms with van der Waals surface area (Å²) in [6.07, 6.45) is 25.1. The van der Waals surface area contributed by atoms with E-state index in [1.165, 1.54) is 44.9 Å². The van der Waals surface area contributed by atoms with Crippen molar-refractivity contribution in [1.29, 1.82) is 0 Å². The lowest BCUT2D eigenvalue weighted by atomic mass is 9.73. The van der Waals surface area contributed by atoms with Crippen LogP contribution >= 0.6 is 0 Å². The van der Waals surface area contributed by atoms with Gasteiger partial charge in [-0.05, 0) is 56.1 Å². The smallest absolute Gasteiger partial charge is 0.132 e. The first-order valence-corrected chi connectivity index (χ1v) is 12.0. The molecular weight excluding hydrogens is 358 g/mol.